The molecular weight excluding hydrogens is 495 g/mol. The van der Waals surface area contributed by atoms with Crippen molar-refractivity contribution in [3.05, 3.63) is 45.9 Å². The highest BCUT2D eigenvalue weighted by Crippen LogP contribution is 2.40. The fraction of sp³-hybridized carbons (Fsp3) is 0.458. The van der Waals surface area contributed by atoms with Crippen LogP contribution in [0.5, 0.6) is 11.8 Å². The van der Waals surface area contributed by atoms with Crippen LogP contribution in [0.4, 0.5) is 4.39 Å². The molecule has 6 rings (SSSR count). The Morgan fingerprint density at radius 3 is 2.83 bits per heavy atom. The van der Waals surface area contributed by atoms with Crippen molar-refractivity contribution >= 4 is 28.7 Å². The van der Waals surface area contributed by atoms with Gasteiger partial charge >= 0.3 is 0 Å². The number of H-pyrrole nitrogens is 1. The van der Waals surface area contributed by atoms with E-state index in [1.54, 1.807) is 26.2 Å². The number of halogens is 2. The van der Waals surface area contributed by atoms with Crippen LogP contribution in [0.3, 0.4) is 0 Å². The molecule has 2 saturated heterocycles. The lowest BCUT2D eigenvalue weighted by Crippen LogP contribution is -2.34. The predicted octanol–water partition coefficient (Wildman–Crippen LogP) is 2.08. The fourth-order valence-electron chi connectivity index (χ4n) is 4.98. The minimum Gasteiger partial charge on any atom is -0.493 e. The van der Waals surface area contributed by atoms with Crippen LogP contribution < -0.4 is 9.47 Å². The number of hydrogen-bond acceptors (Lipinski definition) is 8. The largest absolute Gasteiger partial charge is 0.493 e. The lowest BCUT2D eigenvalue weighted by Gasteiger charge is -2.15. The molecule has 3 aliphatic heterocycles. The van der Waals surface area contributed by atoms with Gasteiger partial charge in [-0.15, -0.1) is 0 Å². The van der Waals surface area contributed by atoms with E-state index in [4.69, 9.17) is 30.5 Å². The first-order valence-electron chi connectivity index (χ1n) is 11.6. The first-order valence-corrected chi connectivity index (χ1v) is 12.0. The summed E-state index contributed by atoms with van der Waals surface area (Å²) >= 11 is 6.52. The van der Waals surface area contributed by atoms with E-state index < -0.39 is 24.1 Å². The van der Waals surface area contributed by atoms with Crippen molar-refractivity contribution in [2.24, 2.45) is 0 Å². The van der Waals surface area contributed by atoms with Gasteiger partial charge in [0.05, 0.1) is 36.1 Å². The van der Waals surface area contributed by atoms with Crippen molar-refractivity contribution in [2.75, 3.05) is 33.9 Å². The summed E-state index contributed by atoms with van der Waals surface area (Å²) in [4.78, 5) is 25.7. The molecule has 3 aromatic rings. The number of carbonyl (C=O) groups excluding carboxylic acids is 1. The number of amides is 1. The number of hydrogen-bond donors (Lipinski definition) is 2. The third-order valence-electron chi connectivity index (χ3n) is 6.76. The molecule has 36 heavy (non-hydrogen) atoms. The van der Waals surface area contributed by atoms with Crippen LogP contribution in [0.15, 0.2) is 18.2 Å². The summed E-state index contributed by atoms with van der Waals surface area (Å²) in [5.74, 6) is -0.761. The number of imidazole rings is 1. The van der Waals surface area contributed by atoms with Gasteiger partial charge in [0.15, 0.2) is 11.8 Å². The van der Waals surface area contributed by atoms with E-state index in [0.717, 1.165) is 0 Å². The molecule has 2 fully saturated rings. The van der Waals surface area contributed by atoms with Crippen LogP contribution in [-0.2, 0) is 15.9 Å². The molecular formula is C24H24ClFN4O6. The maximum atomic E-state index is 15.0. The third-order valence-corrected chi connectivity index (χ3v) is 7.08. The molecule has 12 heteroatoms. The number of carbonyl (C=O) groups is 1. The number of nitrogens with zero attached hydrogens (tertiary/aromatic N) is 3. The van der Waals surface area contributed by atoms with Gasteiger partial charge < -0.3 is 33.9 Å². The van der Waals surface area contributed by atoms with Crippen LogP contribution >= 0.6 is 11.6 Å². The van der Waals surface area contributed by atoms with Gasteiger partial charge in [-0.2, -0.15) is 4.98 Å². The molecule has 1 aromatic carbocycles. The number of pyridine rings is 1. The molecule has 2 N–H and O–H groups in total. The Labute approximate surface area is 210 Å². The molecule has 0 radical (unpaired) electrons. The van der Waals surface area contributed by atoms with Crippen molar-refractivity contribution in [3.8, 4) is 11.8 Å². The second kappa shape index (κ2) is 8.84. The van der Waals surface area contributed by atoms with Gasteiger partial charge in [-0.05, 0) is 18.2 Å². The monoisotopic (exact) mass is 518 g/mol. The average Bonchev–Trinajstić information content (AvgIpc) is 3.60. The highest BCUT2D eigenvalue weighted by Gasteiger charge is 2.48. The zero-order valence-corrected chi connectivity index (χ0v) is 20.3. The standard InChI is InChI=1S/C24H24ClFN4O6/c1-30(2)23(32)10-3-13(26)19-11(7-33-17(19)5-10)4-14-12(25)6-15-22(27-14)29-24(28-15)36-18-9-35-20-16(31)8-34-21(18)20/h3,5-6,11,16,18,20-21,31H,4,7-9H2,1-2H3,(H,27,28,29)/t11-,16-,18-,20-,21-/m1/s1. The van der Waals surface area contributed by atoms with Gasteiger partial charge in [0.25, 0.3) is 11.9 Å². The number of aliphatic hydroxyl groups is 1. The molecule has 0 bridgehead atoms. The highest BCUT2D eigenvalue weighted by molar-refractivity contribution is 6.31. The molecule has 5 heterocycles. The second-order valence-corrected chi connectivity index (χ2v) is 9.84. The Bertz CT molecular complexity index is 1350. The van der Waals surface area contributed by atoms with Gasteiger partial charge in [0.1, 0.15) is 29.9 Å². The topological polar surface area (TPSA) is 119 Å². The number of aromatic nitrogens is 3. The molecule has 10 nitrogen and oxygen atoms in total. The van der Waals surface area contributed by atoms with E-state index in [1.807, 2.05) is 0 Å². The number of fused-ring (bicyclic) bond motifs is 3. The van der Waals surface area contributed by atoms with Gasteiger partial charge in [0.2, 0.25) is 0 Å². The molecule has 190 valence electrons. The van der Waals surface area contributed by atoms with Crippen molar-refractivity contribution in [1.29, 1.82) is 0 Å². The highest BCUT2D eigenvalue weighted by atomic mass is 35.5. The molecule has 3 aliphatic rings. The quantitative estimate of drug-likeness (QED) is 0.527. The lowest BCUT2D eigenvalue weighted by molar-refractivity contribution is 0.00706. The normalized spacial score (nSPS) is 26.6. The first-order chi connectivity index (χ1) is 17.3. The molecule has 0 unspecified atom stereocenters. The number of aromatic amines is 1. The lowest BCUT2D eigenvalue weighted by atomic mass is 9.94. The van der Waals surface area contributed by atoms with Crippen molar-refractivity contribution in [3.63, 3.8) is 0 Å². The van der Waals surface area contributed by atoms with Crippen LogP contribution in [0.25, 0.3) is 11.2 Å². The maximum Gasteiger partial charge on any atom is 0.296 e. The zero-order chi connectivity index (χ0) is 25.1. The number of ether oxygens (including phenoxy) is 4. The van der Waals surface area contributed by atoms with E-state index in [1.165, 1.54) is 11.0 Å². The van der Waals surface area contributed by atoms with E-state index in [-0.39, 0.29) is 49.3 Å². The Balaban J connectivity index is 1.22. The number of aliphatic hydroxyl groups excluding tert-OH is 1. The molecule has 1 amide bonds. The molecule has 0 spiro atoms. The van der Waals surface area contributed by atoms with Crippen LogP contribution in [0.2, 0.25) is 5.02 Å². The summed E-state index contributed by atoms with van der Waals surface area (Å²) in [5, 5.41) is 10.3. The summed E-state index contributed by atoms with van der Waals surface area (Å²) in [6.45, 7) is 0.724. The van der Waals surface area contributed by atoms with E-state index >= 15 is 4.39 Å². The van der Waals surface area contributed by atoms with Crippen LogP contribution in [-0.4, -0.2) is 89.2 Å². The average molecular weight is 519 g/mol. The zero-order valence-electron chi connectivity index (χ0n) is 19.5. The predicted molar refractivity (Wildman–Crippen MR) is 125 cm³/mol. The number of benzene rings is 1. The van der Waals surface area contributed by atoms with E-state index in [9.17, 15) is 9.90 Å². The van der Waals surface area contributed by atoms with Crippen LogP contribution in [0, 0.1) is 5.82 Å². The maximum absolute atomic E-state index is 15.0. The molecule has 0 saturated carbocycles. The Hall–Kier alpha value is -2.99. The molecule has 5 atom stereocenters. The van der Waals surface area contributed by atoms with E-state index in [0.29, 0.717) is 39.6 Å². The summed E-state index contributed by atoms with van der Waals surface area (Å²) < 4.78 is 37.9. The minimum atomic E-state index is -0.670. The summed E-state index contributed by atoms with van der Waals surface area (Å²) in [7, 11) is 3.22. The number of nitrogens with one attached hydrogen (secondary N) is 1. The van der Waals surface area contributed by atoms with Crippen molar-refractivity contribution in [2.45, 2.75) is 36.8 Å². The smallest absolute Gasteiger partial charge is 0.296 e. The second-order valence-electron chi connectivity index (χ2n) is 9.43. The SMILES string of the molecule is CN(C)C(=O)c1cc(F)c2c(c1)OC[C@H]2Cc1nc2nc(O[C@@H]3CO[C@H]4[C@@H]3OC[C@H]4O)[nH]c2cc1Cl. The van der Waals surface area contributed by atoms with Crippen molar-refractivity contribution in [1.82, 2.24) is 19.9 Å². The van der Waals surface area contributed by atoms with Gasteiger partial charge in [-0.1, -0.05) is 11.6 Å². The van der Waals surface area contributed by atoms with Crippen molar-refractivity contribution < 1.29 is 33.2 Å². The van der Waals surface area contributed by atoms with Gasteiger partial charge in [-0.25, -0.2) is 9.37 Å². The van der Waals surface area contributed by atoms with Crippen LogP contribution in [0.1, 0.15) is 27.5 Å². The molecule has 0 aliphatic carbocycles. The van der Waals surface area contributed by atoms with E-state index in [2.05, 4.69) is 15.0 Å². The Kier molecular flexibility index (Phi) is 5.75. The number of rotatable bonds is 5. The Morgan fingerprint density at radius 2 is 2.03 bits per heavy atom. The summed E-state index contributed by atoms with van der Waals surface area (Å²) in [6, 6.07) is 4.75. The Morgan fingerprint density at radius 1 is 1.22 bits per heavy atom. The van der Waals surface area contributed by atoms with Gasteiger partial charge in [0, 0.05) is 37.6 Å². The third kappa shape index (κ3) is 3.96. The fourth-order valence-corrected chi connectivity index (χ4v) is 5.21. The summed E-state index contributed by atoms with van der Waals surface area (Å²) in [5.41, 5.74) is 2.17. The van der Waals surface area contributed by atoms with Gasteiger partial charge in [-0.3, -0.25) is 4.79 Å². The minimum absolute atomic E-state index is 0.206. The first kappa shape index (κ1) is 23.4. The summed E-state index contributed by atoms with van der Waals surface area (Å²) in [6.07, 6.45) is -1.54. The molecule has 2 aromatic heterocycles.